The Morgan fingerprint density at radius 3 is 2.26 bits per heavy atom. The molecule has 2 N–H and O–H groups in total. The second-order valence-electron chi connectivity index (χ2n) is 4.86. The van der Waals surface area contributed by atoms with Gasteiger partial charge in [0.25, 0.3) is 11.8 Å². The van der Waals surface area contributed by atoms with Crippen LogP contribution in [0.25, 0.3) is 0 Å². The van der Waals surface area contributed by atoms with Gasteiger partial charge >= 0.3 is 0 Å². The summed E-state index contributed by atoms with van der Waals surface area (Å²) in [5.74, 6) is -0.684. The van der Waals surface area contributed by atoms with Gasteiger partial charge in [-0.15, -0.1) is 0 Å². The smallest absolute Gasteiger partial charge is 0.269 e. The summed E-state index contributed by atoms with van der Waals surface area (Å²) in [6, 6.07) is 16.0. The molecule has 120 valence electrons. The maximum absolute atomic E-state index is 12.0. The molecule has 6 heteroatoms. The fraction of sp³-hybridized carbons (Fsp3) is 0.176. The molecule has 0 atom stereocenters. The van der Waals surface area contributed by atoms with Crippen molar-refractivity contribution in [1.29, 1.82) is 0 Å². The van der Waals surface area contributed by atoms with Gasteiger partial charge in [0.05, 0.1) is 6.54 Å². The first-order valence-corrected chi connectivity index (χ1v) is 7.62. The van der Waals surface area contributed by atoms with Crippen LogP contribution in [-0.4, -0.2) is 24.9 Å². The summed E-state index contributed by atoms with van der Waals surface area (Å²) in [5.41, 5.74) is 6.18. The van der Waals surface area contributed by atoms with E-state index < -0.39 is 5.91 Å². The van der Waals surface area contributed by atoms with Gasteiger partial charge in [0.2, 0.25) is 0 Å². The molecule has 2 aromatic rings. The van der Waals surface area contributed by atoms with E-state index in [-0.39, 0.29) is 12.5 Å². The van der Waals surface area contributed by atoms with E-state index in [4.69, 9.17) is 11.6 Å². The van der Waals surface area contributed by atoms with Crippen molar-refractivity contribution in [3.05, 3.63) is 65.2 Å². The first-order chi connectivity index (χ1) is 11.1. The molecule has 0 radical (unpaired) electrons. The van der Waals surface area contributed by atoms with Gasteiger partial charge in [0.1, 0.15) is 0 Å². The van der Waals surface area contributed by atoms with E-state index in [1.165, 1.54) is 0 Å². The van der Waals surface area contributed by atoms with Crippen molar-refractivity contribution in [2.45, 2.75) is 6.92 Å². The Hall–Kier alpha value is -2.53. The molecule has 5 nitrogen and oxygen atoms in total. The minimum atomic E-state index is -0.391. The predicted octanol–water partition coefficient (Wildman–Crippen LogP) is 2.63. The number of anilines is 1. The van der Waals surface area contributed by atoms with Crippen LogP contribution in [0.5, 0.6) is 0 Å². The van der Waals surface area contributed by atoms with Crippen molar-refractivity contribution in [3.63, 3.8) is 0 Å². The van der Waals surface area contributed by atoms with Gasteiger partial charge in [-0.1, -0.05) is 29.8 Å². The number of amides is 2. The second kappa shape index (κ2) is 8.19. The third kappa shape index (κ3) is 5.00. The minimum absolute atomic E-state index is 0.154. The van der Waals surface area contributed by atoms with Crippen LogP contribution < -0.4 is 15.8 Å². The first-order valence-electron chi connectivity index (χ1n) is 7.25. The monoisotopic (exact) mass is 331 g/mol. The molecule has 2 aromatic carbocycles. The molecular formula is C17H18ClN3O2. The molecule has 2 amide bonds. The van der Waals surface area contributed by atoms with Crippen molar-refractivity contribution in [2.75, 3.05) is 18.0 Å². The van der Waals surface area contributed by atoms with Gasteiger partial charge in [0, 0.05) is 22.8 Å². The summed E-state index contributed by atoms with van der Waals surface area (Å²) in [6.07, 6.45) is 0. The van der Waals surface area contributed by atoms with E-state index in [2.05, 4.69) is 10.9 Å². The van der Waals surface area contributed by atoms with E-state index >= 15 is 0 Å². The lowest BCUT2D eigenvalue weighted by Crippen LogP contribution is -2.46. The molecule has 0 spiro atoms. The highest BCUT2D eigenvalue weighted by atomic mass is 35.5. The number of nitrogens with zero attached hydrogens (tertiary/aromatic N) is 1. The van der Waals surface area contributed by atoms with E-state index in [9.17, 15) is 9.59 Å². The van der Waals surface area contributed by atoms with Gasteiger partial charge in [-0.25, -0.2) is 0 Å². The average Bonchev–Trinajstić information content (AvgIpc) is 2.59. The lowest BCUT2D eigenvalue weighted by Gasteiger charge is -2.22. The van der Waals surface area contributed by atoms with Crippen LogP contribution in [-0.2, 0) is 4.79 Å². The van der Waals surface area contributed by atoms with E-state index in [1.54, 1.807) is 24.3 Å². The second-order valence-corrected chi connectivity index (χ2v) is 5.30. The fourth-order valence-electron chi connectivity index (χ4n) is 2.04. The molecule has 2 rings (SSSR count). The molecule has 23 heavy (non-hydrogen) atoms. The third-order valence-electron chi connectivity index (χ3n) is 3.26. The van der Waals surface area contributed by atoms with Crippen molar-refractivity contribution in [3.8, 4) is 0 Å². The number of likely N-dealkylation sites (N-methyl/N-ethyl adjacent to an activating group) is 1. The lowest BCUT2D eigenvalue weighted by atomic mass is 10.2. The largest absolute Gasteiger partial charge is 0.362 e. The first kappa shape index (κ1) is 16.8. The molecule has 0 aromatic heterocycles. The molecule has 0 aliphatic rings. The maximum atomic E-state index is 12.0. The highest BCUT2D eigenvalue weighted by Gasteiger charge is 2.11. The summed E-state index contributed by atoms with van der Waals surface area (Å²) in [6.45, 7) is 2.80. The van der Waals surface area contributed by atoms with Crippen LogP contribution in [0.3, 0.4) is 0 Å². The van der Waals surface area contributed by atoms with Gasteiger partial charge in [-0.3, -0.25) is 20.4 Å². The highest BCUT2D eigenvalue weighted by molar-refractivity contribution is 6.30. The fourth-order valence-corrected chi connectivity index (χ4v) is 2.16. The molecule has 0 aliphatic heterocycles. The molecule has 0 saturated heterocycles. The zero-order chi connectivity index (χ0) is 16.7. The zero-order valence-electron chi connectivity index (χ0n) is 12.8. The Labute approximate surface area is 140 Å². The van der Waals surface area contributed by atoms with Crippen LogP contribution in [0, 0.1) is 0 Å². The normalized spacial score (nSPS) is 10.0. The summed E-state index contributed by atoms with van der Waals surface area (Å²) in [4.78, 5) is 25.8. The van der Waals surface area contributed by atoms with Crippen molar-refractivity contribution in [2.24, 2.45) is 0 Å². The number of nitrogens with one attached hydrogen (secondary N) is 2. The van der Waals surface area contributed by atoms with Gasteiger partial charge in [-0.2, -0.15) is 0 Å². The SMILES string of the molecule is CCN(CC(=O)NNC(=O)c1ccc(Cl)cc1)c1ccccc1. The number of hydrogen-bond acceptors (Lipinski definition) is 3. The third-order valence-corrected chi connectivity index (χ3v) is 3.51. The summed E-state index contributed by atoms with van der Waals surface area (Å²) in [5, 5.41) is 0.548. The molecule has 0 bridgehead atoms. The average molecular weight is 332 g/mol. The topological polar surface area (TPSA) is 61.4 Å². The Bertz CT molecular complexity index is 659. The summed E-state index contributed by atoms with van der Waals surface area (Å²) < 4.78 is 0. The predicted molar refractivity (Wildman–Crippen MR) is 91.4 cm³/mol. The Morgan fingerprint density at radius 2 is 1.65 bits per heavy atom. The van der Waals surface area contributed by atoms with E-state index in [0.29, 0.717) is 17.1 Å². The lowest BCUT2D eigenvalue weighted by molar-refractivity contribution is -0.120. The molecule has 0 heterocycles. The Kier molecular flexibility index (Phi) is 6.00. The van der Waals surface area contributed by atoms with E-state index in [1.807, 2.05) is 42.2 Å². The maximum Gasteiger partial charge on any atom is 0.269 e. The van der Waals surface area contributed by atoms with Gasteiger partial charge in [0.15, 0.2) is 0 Å². The van der Waals surface area contributed by atoms with Crippen molar-refractivity contribution in [1.82, 2.24) is 10.9 Å². The number of hydrogen-bond donors (Lipinski definition) is 2. The number of carbonyl (C=O) groups is 2. The number of rotatable bonds is 5. The Morgan fingerprint density at radius 1 is 1.00 bits per heavy atom. The number of halogens is 1. The van der Waals surface area contributed by atoms with Crippen LogP contribution >= 0.6 is 11.6 Å². The van der Waals surface area contributed by atoms with Crippen LogP contribution in [0.2, 0.25) is 5.02 Å². The molecule has 0 fully saturated rings. The van der Waals surface area contributed by atoms with Crippen LogP contribution in [0.1, 0.15) is 17.3 Å². The quantitative estimate of drug-likeness (QED) is 0.828. The van der Waals surface area contributed by atoms with E-state index in [0.717, 1.165) is 5.69 Å². The number of para-hydroxylation sites is 1. The minimum Gasteiger partial charge on any atom is -0.362 e. The van der Waals surface area contributed by atoms with Crippen molar-refractivity contribution >= 4 is 29.1 Å². The molecule has 0 saturated carbocycles. The van der Waals surface area contributed by atoms with Crippen LogP contribution in [0.4, 0.5) is 5.69 Å². The molecule has 0 aliphatic carbocycles. The Balaban J connectivity index is 1.87. The zero-order valence-corrected chi connectivity index (χ0v) is 13.5. The molecule has 0 unspecified atom stereocenters. The number of carbonyl (C=O) groups excluding carboxylic acids is 2. The van der Waals surface area contributed by atoms with Gasteiger partial charge in [-0.05, 0) is 43.3 Å². The van der Waals surface area contributed by atoms with Crippen molar-refractivity contribution < 1.29 is 9.59 Å². The summed E-state index contributed by atoms with van der Waals surface area (Å²) >= 11 is 5.77. The number of benzene rings is 2. The number of hydrazine groups is 1. The summed E-state index contributed by atoms with van der Waals surface area (Å²) in [7, 11) is 0. The standard InChI is InChI=1S/C17H18ClN3O2/c1-2-21(15-6-4-3-5-7-15)12-16(22)19-20-17(23)13-8-10-14(18)11-9-13/h3-11H,2,12H2,1H3,(H,19,22)(H,20,23). The highest BCUT2D eigenvalue weighted by Crippen LogP contribution is 2.12. The van der Waals surface area contributed by atoms with Crippen LogP contribution in [0.15, 0.2) is 54.6 Å². The molecular weight excluding hydrogens is 314 g/mol. The van der Waals surface area contributed by atoms with Gasteiger partial charge < -0.3 is 4.90 Å².